The molecule has 0 spiro atoms. The van der Waals surface area contributed by atoms with Crippen molar-refractivity contribution < 1.29 is 14.7 Å². The molecule has 1 rings (SSSR count). The van der Waals surface area contributed by atoms with Gasteiger partial charge in [-0.2, -0.15) is 0 Å². The van der Waals surface area contributed by atoms with Gasteiger partial charge in [0.15, 0.2) is 0 Å². The molecule has 1 aromatic carbocycles. The number of nitrogens with one attached hydrogen (secondary N) is 1. The number of amides is 1. The molecule has 5 heteroatoms. The predicted octanol–water partition coefficient (Wildman–Crippen LogP) is 3.10. The summed E-state index contributed by atoms with van der Waals surface area (Å²) in [4.78, 5) is 23.1. The summed E-state index contributed by atoms with van der Waals surface area (Å²) >= 11 is 5.96. The number of carbonyl (C=O) groups is 2. The van der Waals surface area contributed by atoms with Crippen molar-refractivity contribution in [3.05, 3.63) is 34.9 Å². The Kier molecular flexibility index (Phi) is 5.36. The summed E-state index contributed by atoms with van der Waals surface area (Å²) in [5.74, 6) is -1.27. The fraction of sp³-hybridized carbons (Fsp3) is 0.429. The summed E-state index contributed by atoms with van der Waals surface area (Å²) in [7, 11) is 0. The molecule has 0 aliphatic carbocycles. The highest BCUT2D eigenvalue weighted by molar-refractivity contribution is 6.33. The van der Waals surface area contributed by atoms with E-state index in [0.29, 0.717) is 23.4 Å². The molecule has 0 atom stereocenters. The van der Waals surface area contributed by atoms with Crippen LogP contribution in [-0.2, 0) is 4.79 Å². The number of rotatable bonds is 6. The molecule has 4 nitrogen and oxygen atoms in total. The van der Waals surface area contributed by atoms with Gasteiger partial charge in [-0.05, 0) is 25.0 Å². The van der Waals surface area contributed by atoms with Gasteiger partial charge in [0.1, 0.15) is 0 Å². The van der Waals surface area contributed by atoms with E-state index in [0.717, 1.165) is 0 Å². The van der Waals surface area contributed by atoms with E-state index < -0.39 is 11.5 Å². The average molecular weight is 284 g/mol. The number of carbonyl (C=O) groups excluding carboxylic acids is 1. The van der Waals surface area contributed by atoms with E-state index in [1.165, 1.54) is 0 Å². The first-order valence-electron chi connectivity index (χ1n) is 6.23. The summed E-state index contributed by atoms with van der Waals surface area (Å²) in [5.41, 5.74) is -0.372. The molecule has 0 aliphatic rings. The van der Waals surface area contributed by atoms with Crippen molar-refractivity contribution in [2.45, 2.75) is 38.6 Å². The lowest BCUT2D eigenvalue weighted by atomic mass is 9.88. The third kappa shape index (κ3) is 3.96. The number of hydrogen-bond donors (Lipinski definition) is 2. The Morgan fingerprint density at radius 3 is 2.32 bits per heavy atom. The van der Waals surface area contributed by atoms with E-state index >= 15 is 0 Å². The Bertz CT molecular complexity index is 470. The molecule has 19 heavy (non-hydrogen) atoms. The molecule has 0 aliphatic heterocycles. The van der Waals surface area contributed by atoms with Crippen molar-refractivity contribution in [3.63, 3.8) is 0 Å². The second kappa shape index (κ2) is 6.57. The monoisotopic (exact) mass is 283 g/mol. The van der Waals surface area contributed by atoms with Crippen molar-refractivity contribution in [3.8, 4) is 0 Å². The van der Waals surface area contributed by atoms with Gasteiger partial charge >= 0.3 is 5.97 Å². The molecule has 0 saturated heterocycles. The van der Waals surface area contributed by atoms with E-state index in [-0.39, 0.29) is 12.3 Å². The molecule has 0 heterocycles. The number of benzene rings is 1. The standard InChI is InChI=1S/C14H18ClNO3/c1-3-14(4-2,9-12(17)18)16-13(19)10-7-5-6-8-11(10)15/h5-8H,3-4,9H2,1-2H3,(H,16,19)(H,17,18). The van der Waals surface area contributed by atoms with Gasteiger partial charge in [-0.25, -0.2) is 0 Å². The van der Waals surface area contributed by atoms with Crippen LogP contribution >= 0.6 is 11.6 Å². The fourth-order valence-corrected chi connectivity index (χ4v) is 2.19. The maximum Gasteiger partial charge on any atom is 0.305 e. The van der Waals surface area contributed by atoms with Gasteiger partial charge in [0.2, 0.25) is 0 Å². The normalized spacial score (nSPS) is 11.1. The largest absolute Gasteiger partial charge is 0.481 e. The zero-order valence-corrected chi connectivity index (χ0v) is 11.8. The summed E-state index contributed by atoms with van der Waals surface area (Å²) in [6.45, 7) is 3.72. The van der Waals surface area contributed by atoms with Gasteiger partial charge in [0.05, 0.1) is 22.5 Å². The van der Waals surface area contributed by atoms with Crippen LogP contribution in [0.25, 0.3) is 0 Å². The van der Waals surface area contributed by atoms with E-state index in [4.69, 9.17) is 16.7 Å². The minimum atomic E-state index is -0.928. The maximum absolute atomic E-state index is 12.2. The Morgan fingerprint density at radius 1 is 1.26 bits per heavy atom. The maximum atomic E-state index is 12.2. The van der Waals surface area contributed by atoms with Crippen molar-refractivity contribution in [2.75, 3.05) is 0 Å². The molecular weight excluding hydrogens is 266 g/mol. The van der Waals surface area contributed by atoms with Crippen LogP contribution in [0.2, 0.25) is 5.02 Å². The Hall–Kier alpha value is -1.55. The van der Waals surface area contributed by atoms with Gasteiger partial charge < -0.3 is 10.4 Å². The van der Waals surface area contributed by atoms with Crippen LogP contribution in [0.5, 0.6) is 0 Å². The van der Waals surface area contributed by atoms with Crippen LogP contribution in [0, 0.1) is 0 Å². The van der Waals surface area contributed by atoms with Gasteiger partial charge in [-0.3, -0.25) is 9.59 Å². The first-order valence-corrected chi connectivity index (χ1v) is 6.60. The number of carboxylic acids is 1. The molecule has 0 radical (unpaired) electrons. The molecule has 104 valence electrons. The Balaban J connectivity index is 2.94. The third-order valence-electron chi connectivity index (χ3n) is 3.34. The topological polar surface area (TPSA) is 66.4 Å². The lowest BCUT2D eigenvalue weighted by molar-refractivity contribution is -0.138. The molecule has 0 saturated carbocycles. The highest BCUT2D eigenvalue weighted by Crippen LogP contribution is 2.22. The molecule has 0 fully saturated rings. The van der Waals surface area contributed by atoms with Crippen LogP contribution in [-0.4, -0.2) is 22.5 Å². The second-order valence-electron chi connectivity index (χ2n) is 4.49. The molecule has 0 unspecified atom stereocenters. The smallest absolute Gasteiger partial charge is 0.305 e. The summed E-state index contributed by atoms with van der Waals surface area (Å²) < 4.78 is 0. The molecule has 2 N–H and O–H groups in total. The summed E-state index contributed by atoms with van der Waals surface area (Å²) in [5, 5.41) is 12.1. The van der Waals surface area contributed by atoms with Gasteiger partial charge in [0.25, 0.3) is 5.91 Å². The first-order chi connectivity index (χ1) is 8.94. The van der Waals surface area contributed by atoms with Crippen molar-refractivity contribution in [2.24, 2.45) is 0 Å². The quantitative estimate of drug-likeness (QED) is 0.843. The molecule has 0 aromatic heterocycles. The van der Waals surface area contributed by atoms with Crippen molar-refractivity contribution in [1.82, 2.24) is 5.32 Å². The molecule has 1 amide bonds. The highest BCUT2D eigenvalue weighted by Gasteiger charge is 2.31. The molecule has 1 aromatic rings. The Morgan fingerprint density at radius 2 is 1.84 bits per heavy atom. The van der Waals surface area contributed by atoms with E-state index in [1.807, 2.05) is 13.8 Å². The Labute approximate surface area is 117 Å². The second-order valence-corrected chi connectivity index (χ2v) is 4.90. The van der Waals surface area contributed by atoms with Crippen LogP contribution < -0.4 is 5.32 Å². The molecular formula is C14H18ClNO3. The third-order valence-corrected chi connectivity index (χ3v) is 3.67. The SMILES string of the molecule is CCC(CC)(CC(=O)O)NC(=O)c1ccccc1Cl. The van der Waals surface area contributed by atoms with Crippen molar-refractivity contribution in [1.29, 1.82) is 0 Å². The number of carboxylic acid groups (broad SMARTS) is 1. The van der Waals surface area contributed by atoms with Crippen LogP contribution in [0.1, 0.15) is 43.5 Å². The first kappa shape index (κ1) is 15.5. The zero-order chi connectivity index (χ0) is 14.5. The predicted molar refractivity (Wildman–Crippen MR) is 74.5 cm³/mol. The fourth-order valence-electron chi connectivity index (χ4n) is 1.96. The highest BCUT2D eigenvalue weighted by atomic mass is 35.5. The average Bonchev–Trinajstić information content (AvgIpc) is 2.37. The lowest BCUT2D eigenvalue weighted by Gasteiger charge is -2.31. The minimum Gasteiger partial charge on any atom is -0.481 e. The van der Waals surface area contributed by atoms with E-state index in [2.05, 4.69) is 5.32 Å². The van der Waals surface area contributed by atoms with Gasteiger partial charge in [0, 0.05) is 0 Å². The van der Waals surface area contributed by atoms with Crippen LogP contribution in [0.15, 0.2) is 24.3 Å². The molecule has 0 bridgehead atoms. The van der Waals surface area contributed by atoms with E-state index in [1.54, 1.807) is 24.3 Å². The van der Waals surface area contributed by atoms with Gasteiger partial charge in [-0.15, -0.1) is 0 Å². The van der Waals surface area contributed by atoms with Crippen molar-refractivity contribution >= 4 is 23.5 Å². The number of aliphatic carboxylic acids is 1. The zero-order valence-electron chi connectivity index (χ0n) is 11.1. The lowest BCUT2D eigenvalue weighted by Crippen LogP contribution is -2.49. The minimum absolute atomic E-state index is 0.101. The summed E-state index contributed by atoms with van der Waals surface area (Å²) in [6, 6.07) is 6.71. The number of halogens is 1. The van der Waals surface area contributed by atoms with Gasteiger partial charge in [-0.1, -0.05) is 37.6 Å². The van der Waals surface area contributed by atoms with Crippen LogP contribution in [0.4, 0.5) is 0 Å². The van der Waals surface area contributed by atoms with Crippen LogP contribution in [0.3, 0.4) is 0 Å². The number of hydrogen-bond acceptors (Lipinski definition) is 2. The summed E-state index contributed by atoms with van der Waals surface area (Å²) in [6.07, 6.45) is 0.994. The van der Waals surface area contributed by atoms with E-state index in [9.17, 15) is 9.59 Å².